The second-order valence-corrected chi connectivity index (χ2v) is 6.69. The van der Waals surface area contributed by atoms with Crippen molar-refractivity contribution >= 4 is 28.8 Å². The molecule has 24 heavy (non-hydrogen) atoms. The Morgan fingerprint density at radius 1 is 1.29 bits per heavy atom. The van der Waals surface area contributed by atoms with E-state index in [1.54, 1.807) is 6.20 Å². The molecule has 0 bridgehead atoms. The number of para-hydroxylation sites is 1. The molecule has 2 aromatic rings. The second-order valence-electron chi connectivity index (χ2n) is 6.28. The molecule has 0 saturated heterocycles. The fourth-order valence-electron chi connectivity index (χ4n) is 3.19. The van der Waals surface area contributed by atoms with Crippen LogP contribution in [0.1, 0.15) is 24.5 Å². The van der Waals surface area contributed by atoms with Crippen molar-refractivity contribution in [3.8, 4) is 0 Å². The summed E-state index contributed by atoms with van der Waals surface area (Å²) in [5.41, 5.74) is 3.93. The lowest BCUT2D eigenvalue weighted by Crippen LogP contribution is -2.34. The number of rotatable bonds is 5. The molecule has 3 rings (SSSR count). The maximum absolute atomic E-state index is 5.35. The van der Waals surface area contributed by atoms with Crippen LogP contribution in [0.3, 0.4) is 0 Å². The van der Waals surface area contributed by atoms with Gasteiger partial charge in [-0.2, -0.15) is 0 Å². The molecule has 1 aliphatic rings. The van der Waals surface area contributed by atoms with Gasteiger partial charge in [0.2, 0.25) is 0 Å². The van der Waals surface area contributed by atoms with Crippen LogP contribution in [-0.4, -0.2) is 29.2 Å². The highest BCUT2D eigenvalue weighted by Gasteiger charge is 2.24. The van der Waals surface area contributed by atoms with Crippen LogP contribution >= 0.6 is 12.2 Å². The summed E-state index contributed by atoms with van der Waals surface area (Å²) in [6, 6.07) is 13.2. The predicted molar refractivity (Wildman–Crippen MR) is 105 cm³/mol. The van der Waals surface area contributed by atoms with Crippen LogP contribution in [0.15, 0.2) is 42.6 Å². The number of aromatic nitrogens is 1. The van der Waals surface area contributed by atoms with Gasteiger partial charge in [-0.25, -0.2) is 4.98 Å². The van der Waals surface area contributed by atoms with Crippen molar-refractivity contribution in [2.24, 2.45) is 0 Å². The van der Waals surface area contributed by atoms with Crippen LogP contribution < -0.4 is 15.5 Å². The van der Waals surface area contributed by atoms with Crippen molar-refractivity contribution in [3.05, 3.63) is 53.7 Å². The van der Waals surface area contributed by atoms with Gasteiger partial charge in [-0.15, -0.1) is 0 Å². The standard InChI is InChI=1S/C19H24N4S/c1-14-7-5-10-20-18(14)22-19(24)21-11-6-12-23-15(2)13-16-8-3-4-9-17(16)23/h3-5,7-10,15H,6,11-13H2,1-2H3,(H2,20,21,22,24). The van der Waals surface area contributed by atoms with Crippen LogP contribution in [0, 0.1) is 6.92 Å². The SMILES string of the molecule is Cc1cccnc1NC(=S)NCCCN1c2ccccc2CC1C. The smallest absolute Gasteiger partial charge is 0.171 e. The Kier molecular flexibility index (Phi) is 5.30. The molecule has 126 valence electrons. The number of anilines is 2. The van der Waals surface area contributed by atoms with E-state index in [-0.39, 0.29) is 0 Å². The number of hydrogen-bond donors (Lipinski definition) is 2. The number of nitrogens with zero attached hydrogens (tertiary/aromatic N) is 2. The molecule has 0 amide bonds. The van der Waals surface area contributed by atoms with Crippen LogP contribution in [0.4, 0.5) is 11.5 Å². The van der Waals surface area contributed by atoms with Crippen molar-refractivity contribution in [2.45, 2.75) is 32.7 Å². The van der Waals surface area contributed by atoms with Crippen LogP contribution in [0.2, 0.25) is 0 Å². The van der Waals surface area contributed by atoms with Crippen molar-refractivity contribution in [1.82, 2.24) is 10.3 Å². The number of aryl methyl sites for hydroxylation is 1. The highest BCUT2D eigenvalue weighted by molar-refractivity contribution is 7.80. The quantitative estimate of drug-likeness (QED) is 0.644. The molecule has 0 saturated carbocycles. The lowest BCUT2D eigenvalue weighted by atomic mass is 10.1. The van der Waals surface area contributed by atoms with Crippen molar-refractivity contribution in [1.29, 1.82) is 0 Å². The maximum Gasteiger partial charge on any atom is 0.171 e. The minimum atomic E-state index is 0.573. The van der Waals surface area contributed by atoms with E-state index in [2.05, 4.69) is 51.7 Å². The largest absolute Gasteiger partial charge is 0.368 e. The summed E-state index contributed by atoms with van der Waals surface area (Å²) < 4.78 is 0. The summed E-state index contributed by atoms with van der Waals surface area (Å²) in [6.45, 7) is 6.20. The third kappa shape index (κ3) is 3.85. The Morgan fingerprint density at radius 3 is 2.96 bits per heavy atom. The molecule has 4 nitrogen and oxygen atoms in total. The summed E-state index contributed by atoms with van der Waals surface area (Å²) in [6.07, 6.45) is 3.95. The number of hydrogen-bond acceptors (Lipinski definition) is 3. The van der Waals surface area contributed by atoms with Gasteiger partial charge in [-0.05, 0) is 62.2 Å². The molecule has 5 heteroatoms. The topological polar surface area (TPSA) is 40.2 Å². The molecule has 0 fully saturated rings. The summed E-state index contributed by atoms with van der Waals surface area (Å²) in [5, 5.41) is 7.06. The molecule has 1 aromatic carbocycles. The first-order chi connectivity index (χ1) is 11.6. The van der Waals surface area contributed by atoms with Crippen molar-refractivity contribution in [3.63, 3.8) is 0 Å². The fraction of sp³-hybridized carbons (Fsp3) is 0.368. The number of pyridine rings is 1. The average molecular weight is 340 g/mol. The molecule has 2 N–H and O–H groups in total. The fourth-order valence-corrected chi connectivity index (χ4v) is 3.39. The molecule has 0 aliphatic carbocycles. The third-order valence-corrected chi connectivity index (χ3v) is 4.70. The monoisotopic (exact) mass is 340 g/mol. The van der Waals surface area contributed by atoms with Crippen LogP contribution in [0.5, 0.6) is 0 Å². The number of benzene rings is 1. The average Bonchev–Trinajstić information content (AvgIpc) is 2.89. The molecule has 1 aliphatic heterocycles. The van der Waals surface area contributed by atoms with Gasteiger partial charge in [0.15, 0.2) is 5.11 Å². The maximum atomic E-state index is 5.35. The number of fused-ring (bicyclic) bond motifs is 1. The summed E-state index contributed by atoms with van der Waals surface area (Å²) in [7, 11) is 0. The third-order valence-electron chi connectivity index (χ3n) is 4.45. The Labute approximate surface area is 149 Å². The molecular weight excluding hydrogens is 316 g/mol. The molecule has 2 heterocycles. The van der Waals surface area contributed by atoms with Crippen LogP contribution in [-0.2, 0) is 6.42 Å². The van der Waals surface area contributed by atoms with Gasteiger partial charge in [0.25, 0.3) is 0 Å². The Morgan fingerprint density at radius 2 is 2.12 bits per heavy atom. The second kappa shape index (κ2) is 7.62. The van der Waals surface area contributed by atoms with E-state index < -0.39 is 0 Å². The zero-order chi connectivity index (χ0) is 16.9. The van der Waals surface area contributed by atoms with E-state index in [0.717, 1.165) is 37.3 Å². The normalized spacial score (nSPS) is 15.9. The van der Waals surface area contributed by atoms with Gasteiger partial charge >= 0.3 is 0 Å². The summed E-state index contributed by atoms with van der Waals surface area (Å²) in [4.78, 5) is 6.79. The summed E-state index contributed by atoms with van der Waals surface area (Å²) >= 11 is 5.35. The predicted octanol–water partition coefficient (Wildman–Crippen LogP) is 3.52. The minimum absolute atomic E-state index is 0.573. The van der Waals surface area contributed by atoms with E-state index in [4.69, 9.17) is 12.2 Å². The van der Waals surface area contributed by atoms with E-state index in [9.17, 15) is 0 Å². The van der Waals surface area contributed by atoms with Crippen molar-refractivity contribution < 1.29 is 0 Å². The lowest BCUT2D eigenvalue weighted by molar-refractivity contribution is 0.641. The van der Waals surface area contributed by atoms with E-state index >= 15 is 0 Å². The van der Waals surface area contributed by atoms with Gasteiger partial charge in [0, 0.05) is 31.0 Å². The Bertz CT molecular complexity index is 716. The highest BCUT2D eigenvalue weighted by atomic mass is 32.1. The highest BCUT2D eigenvalue weighted by Crippen LogP contribution is 2.31. The molecule has 1 aromatic heterocycles. The number of nitrogens with one attached hydrogen (secondary N) is 2. The molecular formula is C19H24N4S. The van der Waals surface area contributed by atoms with Gasteiger partial charge < -0.3 is 15.5 Å². The zero-order valence-corrected chi connectivity index (χ0v) is 15.1. The van der Waals surface area contributed by atoms with Gasteiger partial charge in [-0.1, -0.05) is 24.3 Å². The number of thiocarbonyl (C=S) groups is 1. The van der Waals surface area contributed by atoms with Gasteiger partial charge in [0.05, 0.1) is 0 Å². The van der Waals surface area contributed by atoms with Gasteiger partial charge in [0.1, 0.15) is 5.82 Å². The first-order valence-corrected chi connectivity index (χ1v) is 8.87. The molecule has 1 atom stereocenters. The van der Waals surface area contributed by atoms with E-state index in [1.807, 2.05) is 19.1 Å². The van der Waals surface area contributed by atoms with Crippen molar-refractivity contribution in [2.75, 3.05) is 23.3 Å². The molecule has 0 radical (unpaired) electrons. The van der Waals surface area contributed by atoms with E-state index in [1.165, 1.54) is 11.3 Å². The molecule has 0 spiro atoms. The Balaban J connectivity index is 1.44. The van der Waals surface area contributed by atoms with E-state index in [0.29, 0.717) is 11.2 Å². The Hall–Kier alpha value is -2.14. The first-order valence-electron chi connectivity index (χ1n) is 8.46. The zero-order valence-electron chi connectivity index (χ0n) is 14.2. The van der Waals surface area contributed by atoms with Gasteiger partial charge in [-0.3, -0.25) is 0 Å². The summed E-state index contributed by atoms with van der Waals surface area (Å²) in [5.74, 6) is 0.817. The van der Waals surface area contributed by atoms with Crippen LogP contribution in [0.25, 0.3) is 0 Å². The molecule has 1 unspecified atom stereocenters. The minimum Gasteiger partial charge on any atom is -0.368 e. The first kappa shape index (κ1) is 16.7. The lowest BCUT2D eigenvalue weighted by Gasteiger charge is -2.25.